The summed E-state index contributed by atoms with van der Waals surface area (Å²) in [5.74, 6) is 0. The highest BCUT2D eigenvalue weighted by Crippen LogP contribution is 2.20. The second-order valence-electron chi connectivity index (χ2n) is 4.13. The Bertz CT molecular complexity index is 341. The predicted molar refractivity (Wildman–Crippen MR) is 55.6 cm³/mol. The van der Waals surface area contributed by atoms with Crippen LogP contribution in [0.1, 0.15) is 22.6 Å². The van der Waals surface area contributed by atoms with Crippen molar-refractivity contribution in [3.63, 3.8) is 0 Å². The molecule has 76 valence electrons. The van der Waals surface area contributed by atoms with Crippen LogP contribution in [0.15, 0.2) is 12.1 Å². The molecule has 14 heavy (non-hydrogen) atoms. The molecule has 0 fully saturated rings. The molecule has 1 aromatic rings. The van der Waals surface area contributed by atoms with Crippen LogP contribution in [0.4, 0.5) is 0 Å². The van der Waals surface area contributed by atoms with Gasteiger partial charge in [-0.25, -0.2) is 0 Å². The molecule has 0 saturated heterocycles. The lowest BCUT2D eigenvalue weighted by Crippen LogP contribution is -2.35. The molecule has 0 aliphatic carbocycles. The number of hydrogen-bond donors (Lipinski definition) is 0. The van der Waals surface area contributed by atoms with Gasteiger partial charge in [0, 0.05) is 24.7 Å². The Kier molecular flexibility index (Phi) is 2.42. The van der Waals surface area contributed by atoms with Crippen LogP contribution in [0.2, 0.25) is 0 Å². The van der Waals surface area contributed by atoms with E-state index in [-0.39, 0.29) is 0 Å². The van der Waals surface area contributed by atoms with E-state index in [0.29, 0.717) is 6.04 Å². The molecule has 0 N–H and O–H groups in total. The Morgan fingerprint density at radius 3 is 2.93 bits per heavy atom. The first-order valence-corrected chi connectivity index (χ1v) is 5.02. The molecule has 2 heterocycles. The van der Waals surface area contributed by atoms with Crippen molar-refractivity contribution in [1.82, 2.24) is 9.47 Å². The van der Waals surface area contributed by atoms with Crippen molar-refractivity contribution in [1.29, 1.82) is 0 Å². The molecule has 1 aliphatic heterocycles. The van der Waals surface area contributed by atoms with Gasteiger partial charge in [0.2, 0.25) is 0 Å². The van der Waals surface area contributed by atoms with E-state index in [1.807, 2.05) is 6.07 Å². The van der Waals surface area contributed by atoms with Crippen LogP contribution >= 0.6 is 0 Å². The first-order chi connectivity index (χ1) is 6.72. The molecular weight excluding hydrogens is 176 g/mol. The molecule has 1 aromatic heterocycles. The Labute approximate surface area is 84.3 Å². The van der Waals surface area contributed by atoms with Crippen molar-refractivity contribution in [3.8, 4) is 0 Å². The summed E-state index contributed by atoms with van der Waals surface area (Å²) in [6.07, 6.45) is 3.13. The van der Waals surface area contributed by atoms with E-state index in [4.69, 9.17) is 0 Å². The predicted octanol–water partition coefficient (Wildman–Crippen LogP) is 1.18. The number of carbonyl (C=O) groups excluding carboxylic acids is 1. The summed E-state index contributed by atoms with van der Waals surface area (Å²) in [4.78, 5) is 13.0. The number of likely N-dealkylation sites (N-methyl/N-ethyl adjacent to an activating group) is 1. The zero-order chi connectivity index (χ0) is 10.1. The van der Waals surface area contributed by atoms with Crippen LogP contribution in [0, 0.1) is 0 Å². The third-order valence-corrected chi connectivity index (χ3v) is 3.09. The fourth-order valence-electron chi connectivity index (χ4n) is 2.14. The average Bonchev–Trinajstić information content (AvgIpc) is 2.59. The summed E-state index contributed by atoms with van der Waals surface area (Å²) in [7, 11) is 4.23. The first kappa shape index (κ1) is 9.46. The van der Waals surface area contributed by atoms with E-state index >= 15 is 0 Å². The van der Waals surface area contributed by atoms with Gasteiger partial charge < -0.3 is 9.47 Å². The second kappa shape index (κ2) is 3.58. The van der Waals surface area contributed by atoms with Crippen LogP contribution < -0.4 is 0 Å². The highest BCUT2D eigenvalue weighted by Gasteiger charge is 2.21. The maximum atomic E-state index is 10.7. The van der Waals surface area contributed by atoms with Gasteiger partial charge in [-0.1, -0.05) is 0 Å². The van der Waals surface area contributed by atoms with E-state index in [2.05, 4.69) is 29.6 Å². The van der Waals surface area contributed by atoms with Crippen LogP contribution in [0.25, 0.3) is 0 Å². The molecule has 3 nitrogen and oxygen atoms in total. The minimum Gasteiger partial charge on any atom is -0.342 e. The first-order valence-electron chi connectivity index (χ1n) is 5.02. The summed E-state index contributed by atoms with van der Waals surface area (Å²) < 4.78 is 2.13. The van der Waals surface area contributed by atoms with Crippen LogP contribution in [-0.2, 0) is 13.0 Å². The third kappa shape index (κ3) is 1.48. The Hall–Kier alpha value is -1.09. The zero-order valence-electron chi connectivity index (χ0n) is 8.73. The van der Waals surface area contributed by atoms with Gasteiger partial charge in [0.05, 0.1) is 5.69 Å². The van der Waals surface area contributed by atoms with Crippen molar-refractivity contribution in [2.45, 2.75) is 25.4 Å². The smallest absolute Gasteiger partial charge is 0.166 e. The lowest BCUT2D eigenvalue weighted by molar-refractivity contribution is 0.111. The SMILES string of the molecule is CN(C)C1CCn2c(C=O)ccc2C1. The fraction of sp³-hybridized carbons (Fsp3) is 0.545. The molecule has 1 unspecified atom stereocenters. The number of fused-ring (bicyclic) bond motifs is 1. The Morgan fingerprint density at radius 2 is 2.29 bits per heavy atom. The van der Waals surface area contributed by atoms with E-state index in [0.717, 1.165) is 31.4 Å². The summed E-state index contributed by atoms with van der Waals surface area (Å²) in [5.41, 5.74) is 2.11. The van der Waals surface area contributed by atoms with E-state index in [9.17, 15) is 4.79 Å². The maximum Gasteiger partial charge on any atom is 0.166 e. The molecule has 3 heteroatoms. The average molecular weight is 192 g/mol. The van der Waals surface area contributed by atoms with Gasteiger partial charge in [-0.3, -0.25) is 4.79 Å². The van der Waals surface area contributed by atoms with Crippen LogP contribution in [-0.4, -0.2) is 35.9 Å². The quantitative estimate of drug-likeness (QED) is 0.657. The standard InChI is InChI=1S/C11H16N2O/c1-12(2)9-5-6-13-10(7-9)3-4-11(13)8-14/h3-4,8-9H,5-7H2,1-2H3. The lowest BCUT2D eigenvalue weighted by atomic mass is 10.0. The van der Waals surface area contributed by atoms with Gasteiger partial charge in [0.25, 0.3) is 0 Å². The number of rotatable bonds is 2. The molecule has 1 aliphatic rings. The topological polar surface area (TPSA) is 25.2 Å². The molecule has 0 aromatic carbocycles. The monoisotopic (exact) mass is 192 g/mol. The fourth-order valence-corrected chi connectivity index (χ4v) is 2.14. The van der Waals surface area contributed by atoms with Crippen molar-refractivity contribution >= 4 is 6.29 Å². The van der Waals surface area contributed by atoms with Gasteiger partial charge in [0.1, 0.15) is 0 Å². The lowest BCUT2D eigenvalue weighted by Gasteiger charge is -2.30. The van der Waals surface area contributed by atoms with Gasteiger partial charge in [0.15, 0.2) is 6.29 Å². The largest absolute Gasteiger partial charge is 0.342 e. The molecule has 2 rings (SSSR count). The van der Waals surface area contributed by atoms with Crippen molar-refractivity contribution < 1.29 is 4.79 Å². The van der Waals surface area contributed by atoms with Gasteiger partial charge >= 0.3 is 0 Å². The maximum absolute atomic E-state index is 10.7. The zero-order valence-corrected chi connectivity index (χ0v) is 8.73. The Balaban J connectivity index is 2.24. The van der Waals surface area contributed by atoms with Crippen LogP contribution in [0.3, 0.4) is 0 Å². The number of aldehydes is 1. The van der Waals surface area contributed by atoms with Gasteiger partial charge in [-0.15, -0.1) is 0 Å². The summed E-state index contributed by atoms with van der Waals surface area (Å²) in [6.45, 7) is 0.971. The molecule has 0 spiro atoms. The number of carbonyl (C=O) groups is 1. The number of nitrogens with zero attached hydrogens (tertiary/aromatic N) is 2. The number of aromatic nitrogens is 1. The van der Waals surface area contributed by atoms with E-state index in [1.165, 1.54) is 5.69 Å². The molecule has 0 radical (unpaired) electrons. The molecule has 1 atom stereocenters. The van der Waals surface area contributed by atoms with Crippen molar-refractivity contribution in [3.05, 3.63) is 23.5 Å². The van der Waals surface area contributed by atoms with Crippen molar-refractivity contribution in [2.24, 2.45) is 0 Å². The molecule has 0 bridgehead atoms. The summed E-state index contributed by atoms with van der Waals surface area (Å²) in [5, 5.41) is 0. The second-order valence-corrected chi connectivity index (χ2v) is 4.13. The van der Waals surface area contributed by atoms with Gasteiger partial charge in [-0.05, 0) is 32.6 Å². The molecule has 0 amide bonds. The minimum atomic E-state index is 0.622. The normalized spacial score (nSPS) is 20.9. The summed E-state index contributed by atoms with van der Waals surface area (Å²) >= 11 is 0. The van der Waals surface area contributed by atoms with Gasteiger partial charge in [-0.2, -0.15) is 0 Å². The molecule has 0 saturated carbocycles. The van der Waals surface area contributed by atoms with Crippen LogP contribution in [0.5, 0.6) is 0 Å². The third-order valence-electron chi connectivity index (χ3n) is 3.09. The summed E-state index contributed by atoms with van der Waals surface area (Å²) in [6, 6.07) is 4.61. The minimum absolute atomic E-state index is 0.622. The molecular formula is C11H16N2O. The van der Waals surface area contributed by atoms with E-state index < -0.39 is 0 Å². The van der Waals surface area contributed by atoms with E-state index in [1.54, 1.807) is 0 Å². The van der Waals surface area contributed by atoms with Crippen molar-refractivity contribution in [2.75, 3.05) is 14.1 Å². The Morgan fingerprint density at radius 1 is 1.50 bits per heavy atom. The number of hydrogen-bond acceptors (Lipinski definition) is 2. The highest BCUT2D eigenvalue weighted by molar-refractivity contribution is 5.72. The highest BCUT2D eigenvalue weighted by atomic mass is 16.1.